The summed E-state index contributed by atoms with van der Waals surface area (Å²) in [6.45, 7) is 1.52. The van der Waals surface area contributed by atoms with E-state index in [4.69, 9.17) is 19.5 Å². The van der Waals surface area contributed by atoms with Crippen molar-refractivity contribution >= 4 is 0 Å². The van der Waals surface area contributed by atoms with Gasteiger partial charge in [0, 0.05) is 19.8 Å². The van der Waals surface area contributed by atoms with Gasteiger partial charge in [0.1, 0.15) is 12.4 Å². The van der Waals surface area contributed by atoms with Gasteiger partial charge in [-0.3, -0.25) is 0 Å². The van der Waals surface area contributed by atoms with E-state index in [-0.39, 0.29) is 0 Å². The second-order valence-electron chi connectivity index (χ2n) is 4.79. The zero-order chi connectivity index (χ0) is 15.8. The van der Waals surface area contributed by atoms with Crippen molar-refractivity contribution < 1.29 is 14.2 Å². The number of methoxy groups -OCH3 is 2. The summed E-state index contributed by atoms with van der Waals surface area (Å²) in [5.41, 5.74) is 3.73. The summed E-state index contributed by atoms with van der Waals surface area (Å²) in [6, 6.07) is 15.6. The number of nitriles is 1. The number of rotatable bonds is 7. The average Bonchev–Trinajstić information content (AvgIpc) is 2.57. The van der Waals surface area contributed by atoms with Gasteiger partial charge < -0.3 is 14.2 Å². The van der Waals surface area contributed by atoms with Crippen LogP contribution >= 0.6 is 0 Å². The maximum absolute atomic E-state index is 8.86. The summed E-state index contributed by atoms with van der Waals surface area (Å²) in [5, 5.41) is 8.86. The average molecular weight is 297 g/mol. The maximum Gasteiger partial charge on any atom is 0.125 e. The fourth-order valence-corrected chi connectivity index (χ4v) is 2.12. The predicted molar refractivity (Wildman–Crippen MR) is 84.7 cm³/mol. The Morgan fingerprint density at radius 2 is 1.64 bits per heavy atom. The summed E-state index contributed by atoms with van der Waals surface area (Å²) in [5.74, 6) is 0.792. The van der Waals surface area contributed by atoms with Crippen LogP contribution in [-0.2, 0) is 16.1 Å². The van der Waals surface area contributed by atoms with Crippen molar-refractivity contribution in [3.8, 4) is 22.9 Å². The van der Waals surface area contributed by atoms with E-state index in [1.807, 2.05) is 42.5 Å². The van der Waals surface area contributed by atoms with E-state index in [9.17, 15) is 0 Å². The molecule has 0 saturated heterocycles. The van der Waals surface area contributed by atoms with E-state index in [0.29, 0.717) is 25.4 Å². The largest absolute Gasteiger partial charge is 0.491 e. The quantitative estimate of drug-likeness (QED) is 0.735. The van der Waals surface area contributed by atoms with Crippen molar-refractivity contribution in [2.24, 2.45) is 0 Å². The molecule has 0 atom stereocenters. The first-order valence-electron chi connectivity index (χ1n) is 7.02. The molecule has 0 aliphatic heterocycles. The molecule has 0 spiro atoms. The van der Waals surface area contributed by atoms with Crippen LogP contribution < -0.4 is 4.74 Å². The third-order valence-corrected chi connectivity index (χ3v) is 3.26. The fraction of sp³-hybridized carbons (Fsp3) is 0.278. The van der Waals surface area contributed by atoms with Gasteiger partial charge in [-0.15, -0.1) is 0 Å². The molecule has 0 bridgehead atoms. The molecule has 4 heteroatoms. The van der Waals surface area contributed by atoms with E-state index >= 15 is 0 Å². The Balaban J connectivity index is 2.27. The Kier molecular flexibility index (Phi) is 5.96. The van der Waals surface area contributed by atoms with Crippen LogP contribution in [0.2, 0.25) is 0 Å². The maximum atomic E-state index is 8.86. The van der Waals surface area contributed by atoms with Crippen molar-refractivity contribution in [3.63, 3.8) is 0 Å². The summed E-state index contributed by atoms with van der Waals surface area (Å²) in [7, 11) is 3.31. The number of benzene rings is 2. The Morgan fingerprint density at radius 3 is 2.27 bits per heavy atom. The van der Waals surface area contributed by atoms with Crippen molar-refractivity contribution in [1.29, 1.82) is 5.26 Å². The molecule has 0 aromatic heterocycles. The molecule has 114 valence electrons. The highest BCUT2D eigenvalue weighted by Gasteiger charge is 2.07. The van der Waals surface area contributed by atoms with Crippen molar-refractivity contribution in [2.45, 2.75) is 6.61 Å². The van der Waals surface area contributed by atoms with Gasteiger partial charge in [-0.2, -0.15) is 5.26 Å². The fourth-order valence-electron chi connectivity index (χ4n) is 2.12. The second kappa shape index (κ2) is 8.18. The molecular formula is C18H19NO3. The number of ether oxygens (including phenoxy) is 3. The van der Waals surface area contributed by atoms with Gasteiger partial charge in [-0.25, -0.2) is 0 Å². The first-order valence-corrected chi connectivity index (χ1v) is 7.02. The Morgan fingerprint density at radius 1 is 0.909 bits per heavy atom. The van der Waals surface area contributed by atoms with Crippen LogP contribution in [0.1, 0.15) is 11.1 Å². The topological polar surface area (TPSA) is 51.5 Å². The lowest BCUT2D eigenvalue weighted by Crippen LogP contribution is -2.06. The van der Waals surface area contributed by atoms with E-state index < -0.39 is 0 Å². The minimum Gasteiger partial charge on any atom is -0.491 e. The monoisotopic (exact) mass is 297 g/mol. The lowest BCUT2D eigenvalue weighted by Gasteiger charge is -2.13. The highest BCUT2D eigenvalue weighted by Crippen LogP contribution is 2.28. The SMILES string of the molecule is COCCOc1cc(-c2ccc(C#N)cc2)ccc1COC. The molecule has 2 aromatic rings. The highest BCUT2D eigenvalue weighted by molar-refractivity contribution is 5.66. The molecule has 2 aromatic carbocycles. The third kappa shape index (κ3) is 4.08. The Labute approximate surface area is 130 Å². The molecule has 0 radical (unpaired) electrons. The molecule has 22 heavy (non-hydrogen) atoms. The zero-order valence-electron chi connectivity index (χ0n) is 12.8. The van der Waals surface area contributed by atoms with E-state index in [1.54, 1.807) is 14.2 Å². The first-order chi connectivity index (χ1) is 10.8. The van der Waals surface area contributed by atoms with Gasteiger partial charge in [0.2, 0.25) is 0 Å². The van der Waals surface area contributed by atoms with E-state index in [2.05, 4.69) is 6.07 Å². The predicted octanol–water partition coefficient (Wildman–Crippen LogP) is 3.40. The Bertz CT molecular complexity index is 644. The smallest absolute Gasteiger partial charge is 0.125 e. The highest BCUT2D eigenvalue weighted by atomic mass is 16.5. The standard InChI is InChI=1S/C18H19NO3/c1-20-9-10-22-18-11-16(7-8-17(18)13-21-2)15-5-3-14(12-19)4-6-15/h3-8,11H,9-10,13H2,1-2H3. The molecule has 0 heterocycles. The van der Waals surface area contributed by atoms with Gasteiger partial charge in [-0.1, -0.05) is 24.3 Å². The van der Waals surface area contributed by atoms with Crippen molar-refractivity contribution in [2.75, 3.05) is 27.4 Å². The van der Waals surface area contributed by atoms with Gasteiger partial charge >= 0.3 is 0 Å². The zero-order valence-corrected chi connectivity index (χ0v) is 12.8. The summed E-state index contributed by atoms with van der Waals surface area (Å²) < 4.78 is 16.0. The van der Waals surface area contributed by atoms with Crippen LogP contribution in [0.4, 0.5) is 0 Å². The minimum absolute atomic E-state index is 0.490. The van der Waals surface area contributed by atoms with E-state index in [0.717, 1.165) is 22.4 Å². The normalized spacial score (nSPS) is 10.2. The summed E-state index contributed by atoms with van der Waals surface area (Å²) >= 11 is 0. The molecule has 0 amide bonds. The van der Waals surface area contributed by atoms with Crippen LogP contribution in [0.3, 0.4) is 0 Å². The lowest BCUT2D eigenvalue weighted by molar-refractivity contribution is 0.141. The summed E-state index contributed by atoms with van der Waals surface area (Å²) in [4.78, 5) is 0. The molecule has 0 saturated carbocycles. The molecule has 0 unspecified atom stereocenters. The Hall–Kier alpha value is -2.35. The number of hydrogen-bond acceptors (Lipinski definition) is 4. The van der Waals surface area contributed by atoms with E-state index in [1.165, 1.54) is 0 Å². The van der Waals surface area contributed by atoms with Gasteiger partial charge in [0.15, 0.2) is 0 Å². The molecule has 0 N–H and O–H groups in total. The van der Waals surface area contributed by atoms with Gasteiger partial charge in [0.05, 0.1) is 24.8 Å². The van der Waals surface area contributed by atoms with Crippen LogP contribution in [0.25, 0.3) is 11.1 Å². The van der Waals surface area contributed by atoms with Crippen molar-refractivity contribution in [3.05, 3.63) is 53.6 Å². The van der Waals surface area contributed by atoms with Gasteiger partial charge in [-0.05, 0) is 29.3 Å². The molecular weight excluding hydrogens is 278 g/mol. The molecule has 4 nitrogen and oxygen atoms in total. The molecule has 0 aliphatic carbocycles. The lowest BCUT2D eigenvalue weighted by atomic mass is 10.0. The van der Waals surface area contributed by atoms with Crippen LogP contribution in [0, 0.1) is 11.3 Å². The van der Waals surface area contributed by atoms with Crippen LogP contribution in [-0.4, -0.2) is 27.4 Å². The molecule has 2 rings (SSSR count). The third-order valence-electron chi connectivity index (χ3n) is 3.26. The van der Waals surface area contributed by atoms with Gasteiger partial charge in [0.25, 0.3) is 0 Å². The second-order valence-corrected chi connectivity index (χ2v) is 4.79. The molecule has 0 fully saturated rings. The minimum atomic E-state index is 0.490. The number of hydrogen-bond donors (Lipinski definition) is 0. The first kappa shape index (κ1) is 16.0. The molecule has 0 aliphatic rings. The van der Waals surface area contributed by atoms with Crippen molar-refractivity contribution in [1.82, 2.24) is 0 Å². The summed E-state index contributed by atoms with van der Waals surface area (Å²) in [6.07, 6.45) is 0. The number of nitrogens with zero attached hydrogens (tertiary/aromatic N) is 1. The van der Waals surface area contributed by atoms with Crippen LogP contribution in [0.15, 0.2) is 42.5 Å². The van der Waals surface area contributed by atoms with Crippen LogP contribution in [0.5, 0.6) is 5.75 Å².